The highest BCUT2D eigenvalue weighted by molar-refractivity contribution is 5.41. The third kappa shape index (κ3) is 5.38. The zero-order valence-electron chi connectivity index (χ0n) is 11.0. The lowest BCUT2D eigenvalue weighted by molar-refractivity contribution is -0.147. The molecule has 0 amide bonds. The Bertz CT molecular complexity index is 407. The molecule has 3 nitrogen and oxygen atoms in total. The number of methoxy groups -OCH3 is 1. The van der Waals surface area contributed by atoms with Crippen molar-refractivity contribution < 1.29 is 23.0 Å². The summed E-state index contributed by atoms with van der Waals surface area (Å²) in [5, 5.41) is 9.60. The van der Waals surface area contributed by atoms with Crippen LogP contribution in [0.5, 0.6) is 11.5 Å². The molecule has 0 saturated heterocycles. The third-order valence-electron chi connectivity index (χ3n) is 2.59. The van der Waals surface area contributed by atoms with E-state index in [1.807, 2.05) is 6.92 Å². The van der Waals surface area contributed by atoms with Gasteiger partial charge in [-0.05, 0) is 30.7 Å². The summed E-state index contributed by atoms with van der Waals surface area (Å²) >= 11 is 0. The highest BCUT2D eigenvalue weighted by Gasteiger charge is 2.30. The maximum absolute atomic E-state index is 12.4. The molecule has 0 saturated carbocycles. The van der Waals surface area contributed by atoms with Crippen molar-refractivity contribution in [3.8, 4) is 11.5 Å². The lowest BCUT2D eigenvalue weighted by Gasteiger charge is -2.23. The molecule has 0 spiro atoms. The van der Waals surface area contributed by atoms with Gasteiger partial charge in [-0.3, -0.25) is 4.90 Å². The van der Waals surface area contributed by atoms with Crippen molar-refractivity contribution in [3.05, 3.63) is 23.8 Å². The van der Waals surface area contributed by atoms with Gasteiger partial charge < -0.3 is 9.84 Å². The van der Waals surface area contributed by atoms with E-state index in [-0.39, 0.29) is 12.3 Å². The minimum absolute atomic E-state index is 0.0662. The van der Waals surface area contributed by atoms with Crippen molar-refractivity contribution in [2.24, 2.45) is 0 Å². The van der Waals surface area contributed by atoms with Crippen LogP contribution in [-0.4, -0.2) is 36.4 Å². The van der Waals surface area contributed by atoms with Crippen molar-refractivity contribution in [1.29, 1.82) is 0 Å². The van der Waals surface area contributed by atoms with Crippen molar-refractivity contribution in [1.82, 2.24) is 4.90 Å². The number of hydrogen-bond acceptors (Lipinski definition) is 3. The number of nitrogens with zero attached hydrogens (tertiary/aromatic N) is 1. The van der Waals surface area contributed by atoms with Gasteiger partial charge in [0.05, 0.1) is 13.7 Å². The van der Waals surface area contributed by atoms with Crippen LogP contribution in [0.1, 0.15) is 18.9 Å². The number of hydrogen-bond donors (Lipinski definition) is 1. The summed E-state index contributed by atoms with van der Waals surface area (Å²) in [4.78, 5) is 1.31. The summed E-state index contributed by atoms with van der Waals surface area (Å²) in [5.41, 5.74) is 0.621. The zero-order valence-corrected chi connectivity index (χ0v) is 11.0. The molecular weight excluding hydrogens is 259 g/mol. The first kappa shape index (κ1) is 15.6. The van der Waals surface area contributed by atoms with Gasteiger partial charge in [0.2, 0.25) is 0 Å². The first-order chi connectivity index (χ1) is 8.85. The van der Waals surface area contributed by atoms with Gasteiger partial charge in [-0.25, -0.2) is 0 Å². The number of benzene rings is 1. The van der Waals surface area contributed by atoms with Crippen LogP contribution < -0.4 is 4.74 Å². The number of phenols is 1. The lowest BCUT2D eigenvalue weighted by atomic mass is 10.2. The average molecular weight is 277 g/mol. The van der Waals surface area contributed by atoms with Gasteiger partial charge >= 0.3 is 6.18 Å². The smallest absolute Gasteiger partial charge is 0.401 e. The number of ether oxygens (including phenoxy) is 1. The van der Waals surface area contributed by atoms with Crippen LogP contribution in [0.4, 0.5) is 13.2 Å². The molecule has 1 aromatic carbocycles. The Labute approximate surface area is 110 Å². The Balaban J connectivity index is 2.76. The van der Waals surface area contributed by atoms with E-state index in [1.54, 1.807) is 12.1 Å². The van der Waals surface area contributed by atoms with Crippen LogP contribution in [0.2, 0.25) is 0 Å². The predicted molar refractivity (Wildman–Crippen MR) is 66.3 cm³/mol. The summed E-state index contributed by atoms with van der Waals surface area (Å²) in [6, 6.07) is 4.62. The molecule has 0 radical (unpaired) electrons. The Kier molecular flexibility index (Phi) is 5.47. The van der Waals surface area contributed by atoms with Gasteiger partial charge in [-0.15, -0.1) is 0 Å². The molecule has 0 heterocycles. The molecule has 0 aromatic heterocycles. The summed E-state index contributed by atoms with van der Waals surface area (Å²) in [6.45, 7) is 1.37. The van der Waals surface area contributed by atoms with Gasteiger partial charge in [0.25, 0.3) is 0 Å². The van der Waals surface area contributed by atoms with E-state index in [4.69, 9.17) is 4.74 Å². The summed E-state index contributed by atoms with van der Waals surface area (Å²) in [5.74, 6) is 0.241. The molecule has 0 fully saturated rings. The monoisotopic (exact) mass is 277 g/mol. The molecule has 0 aliphatic heterocycles. The molecule has 1 aromatic rings. The van der Waals surface area contributed by atoms with E-state index >= 15 is 0 Å². The highest BCUT2D eigenvalue weighted by Crippen LogP contribution is 2.27. The Morgan fingerprint density at radius 2 is 2.00 bits per heavy atom. The number of aromatic hydroxyl groups is 1. The maximum atomic E-state index is 12.4. The Hall–Kier alpha value is -1.43. The van der Waals surface area contributed by atoms with E-state index in [1.165, 1.54) is 18.1 Å². The largest absolute Gasteiger partial charge is 0.504 e. The van der Waals surface area contributed by atoms with Crippen LogP contribution in [-0.2, 0) is 6.54 Å². The van der Waals surface area contributed by atoms with E-state index in [2.05, 4.69) is 0 Å². The molecule has 0 aliphatic carbocycles. The fraction of sp³-hybridized carbons (Fsp3) is 0.538. The Morgan fingerprint density at radius 1 is 1.32 bits per heavy atom. The molecule has 0 unspecified atom stereocenters. The van der Waals surface area contributed by atoms with Gasteiger partial charge in [0, 0.05) is 6.54 Å². The van der Waals surface area contributed by atoms with Crippen LogP contribution in [0, 0.1) is 0 Å². The van der Waals surface area contributed by atoms with Crippen molar-refractivity contribution >= 4 is 0 Å². The summed E-state index contributed by atoms with van der Waals surface area (Å²) in [6.07, 6.45) is -3.58. The van der Waals surface area contributed by atoms with Crippen LogP contribution in [0.3, 0.4) is 0 Å². The molecule has 1 N–H and O–H groups in total. The molecule has 1 rings (SSSR count). The Morgan fingerprint density at radius 3 is 2.47 bits per heavy atom. The summed E-state index contributed by atoms with van der Waals surface area (Å²) < 4.78 is 42.1. The van der Waals surface area contributed by atoms with Gasteiger partial charge in [0.15, 0.2) is 11.5 Å². The minimum Gasteiger partial charge on any atom is -0.504 e. The quantitative estimate of drug-likeness (QED) is 0.867. The van der Waals surface area contributed by atoms with E-state index in [0.29, 0.717) is 24.3 Å². The predicted octanol–water partition coefficient (Wildman–Crippen LogP) is 3.18. The van der Waals surface area contributed by atoms with Gasteiger partial charge in [-0.1, -0.05) is 13.0 Å². The SMILES string of the molecule is CCCN(Cc1ccc(OC)c(O)c1)CC(F)(F)F. The van der Waals surface area contributed by atoms with Gasteiger partial charge in [-0.2, -0.15) is 13.2 Å². The molecular formula is C13H18F3NO2. The average Bonchev–Trinajstić information content (AvgIpc) is 2.27. The molecule has 0 bridgehead atoms. The van der Waals surface area contributed by atoms with E-state index < -0.39 is 12.7 Å². The van der Waals surface area contributed by atoms with Crippen molar-refractivity contribution in [2.75, 3.05) is 20.2 Å². The topological polar surface area (TPSA) is 32.7 Å². The number of halogens is 3. The normalized spacial score (nSPS) is 11.9. The molecule has 19 heavy (non-hydrogen) atoms. The fourth-order valence-corrected chi connectivity index (χ4v) is 1.88. The fourth-order valence-electron chi connectivity index (χ4n) is 1.88. The standard InChI is InChI=1S/C13H18F3NO2/c1-3-6-17(9-13(14,15)16)8-10-4-5-12(19-2)11(18)7-10/h4-5,7,18H,3,6,8-9H2,1-2H3. The minimum atomic E-state index is -4.22. The molecule has 0 atom stereocenters. The number of alkyl halides is 3. The van der Waals surface area contributed by atoms with Crippen LogP contribution in [0.15, 0.2) is 18.2 Å². The van der Waals surface area contributed by atoms with Crippen molar-refractivity contribution in [2.45, 2.75) is 26.1 Å². The second-order valence-corrected chi connectivity index (χ2v) is 4.33. The van der Waals surface area contributed by atoms with Crippen molar-refractivity contribution in [3.63, 3.8) is 0 Å². The first-order valence-corrected chi connectivity index (χ1v) is 6.00. The molecule has 108 valence electrons. The molecule has 0 aliphatic rings. The first-order valence-electron chi connectivity index (χ1n) is 6.00. The van der Waals surface area contributed by atoms with Gasteiger partial charge in [0.1, 0.15) is 0 Å². The highest BCUT2D eigenvalue weighted by atomic mass is 19.4. The molecule has 6 heteroatoms. The third-order valence-corrected chi connectivity index (χ3v) is 2.59. The van der Waals surface area contributed by atoms with E-state index in [9.17, 15) is 18.3 Å². The second kappa shape index (κ2) is 6.65. The zero-order chi connectivity index (χ0) is 14.5. The summed E-state index contributed by atoms with van der Waals surface area (Å²) in [7, 11) is 1.42. The number of rotatable bonds is 6. The van der Waals surface area contributed by atoms with Crippen LogP contribution >= 0.6 is 0 Å². The van der Waals surface area contributed by atoms with Crippen LogP contribution in [0.25, 0.3) is 0 Å². The van der Waals surface area contributed by atoms with E-state index in [0.717, 1.165) is 0 Å². The second-order valence-electron chi connectivity index (χ2n) is 4.33. The number of phenolic OH excluding ortho intramolecular Hbond substituents is 1. The maximum Gasteiger partial charge on any atom is 0.401 e. The lowest BCUT2D eigenvalue weighted by Crippen LogP contribution is -2.34.